The number of allylic oxidation sites excluding steroid dienone is 2. The van der Waals surface area contributed by atoms with Crippen molar-refractivity contribution in [3.8, 4) is 0 Å². The monoisotopic (exact) mass is 276 g/mol. The Bertz CT molecular complexity index is 314. The number of piperidine rings is 2. The van der Waals surface area contributed by atoms with E-state index in [2.05, 4.69) is 29.5 Å². The van der Waals surface area contributed by atoms with E-state index in [1.807, 2.05) is 26.0 Å². The molecule has 1 N–H and O–H groups in total. The van der Waals surface area contributed by atoms with Crippen LogP contribution in [0.15, 0.2) is 37.0 Å². The van der Waals surface area contributed by atoms with Gasteiger partial charge in [0.1, 0.15) is 0 Å². The predicted molar refractivity (Wildman–Crippen MR) is 90.0 cm³/mol. The van der Waals surface area contributed by atoms with Gasteiger partial charge in [0, 0.05) is 6.54 Å². The van der Waals surface area contributed by atoms with E-state index in [1.165, 1.54) is 57.4 Å². The third-order valence-electron chi connectivity index (χ3n) is 4.58. The number of nitrogens with one attached hydrogen (secondary N) is 1. The van der Waals surface area contributed by atoms with Crippen molar-refractivity contribution in [2.75, 3.05) is 32.7 Å². The summed E-state index contributed by atoms with van der Waals surface area (Å²) in [7, 11) is 0. The molecule has 20 heavy (non-hydrogen) atoms. The number of likely N-dealkylation sites (tertiary alicyclic amines) is 1. The molecule has 2 saturated heterocycles. The molecule has 0 aliphatic carbocycles. The van der Waals surface area contributed by atoms with E-state index in [0.717, 1.165) is 6.54 Å². The van der Waals surface area contributed by atoms with Gasteiger partial charge in [-0.25, -0.2) is 0 Å². The van der Waals surface area contributed by atoms with Crippen LogP contribution >= 0.6 is 0 Å². The maximum Gasteiger partial charge on any atom is 0.0233 e. The molecule has 2 nitrogen and oxygen atoms in total. The Morgan fingerprint density at radius 2 is 1.70 bits per heavy atom. The minimum absolute atomic E-state index is 0.651. The summed E-state index contributed by atoms with van der Waals surface area (Å²) in [6.45, 7) is 17.6. The van der Waals surface area contributed by atoms with Gasteiger partial charge in [-0.3, -0.25) is 4.90 Å². The first-order valence-corrected chi connectivity index (χ1v) is 8.15. The van der Waals surface area contributed by atoms with Gasteiger partial charge in [-0.05, 0) is 62.9 Å². The summed E-state index contributed by atoms with van der Waals surface area (Å²) in [5.74, 6) is 0. The molecule has 2 rings (SSSR count). The highest BCUT2D eigenvalue weighted by molar-refractivity contribution is 5.22. The molecule has 0 bridgehead atoms. The van der Waals surface area contributed by atoms with Gasteiger partial charge in [0.05, 0.1) is 0 Å². The Morgan fingerprint density at radius 1 is 1.10 bits per heavy atom. The fraction of sp³-hybridized carbons (Fsp3) is 0.667. The Morgan fingerprint density at radius 3 is 2.20 bits per heavy atom. The molecular formula is C18H32N2. The minimum atomic E-state index is 0.651. The van der Waals surface area contributed by atoms with Gasteiger partial charge in [-0.2, -0.15) is 0 Å². The molecule has 2 aliphatic heterocycles. The topological polar surface area (TPSA) is 15.3 Å². The molecule has 0 aromatic rings. The summed E-state index contributed by atoms with van der Waals surface area (Å²) >= 11 is 0. The average Bonchev–Trinajstić information content (AvgIpc) is 2.52. The second-order valence-corrected chi connectivity index (χ2v) is 5.71. The van der Waals surface area contributed by atoms with E-state index in [0.29, 0.717) is 5.41 Å². The maximum absolute atomic E-state index is 3.88. The van der Waals surface area contributed by atoms with E-state index in [9.17, 15) is 0 Å². The van der Waals surface area contributed by atoms with Gasteiger partial charge in [0.25, 0.3) is 0 Å². The van der Waals surface area contributed by atoms with Crippen molar-refractivity contribution >= 4 is 0 Å². The zero-order chi connectivity index (χ0) is 14.8. The van der Waals surface area contributed by atoms with Crippen LogP contribution in [0, 0.1) is 5.41 Å². The van der Waals surface area contributed by atoms with Crippen molar-refractivity contribution in [3.63, 3.8) is 0 Å². The summed E-state index contributed by atoms with van der Waals surface area (Å²) in [4.78, 5) is 2.56. The van der Waals surface area contributed by atoms with Crippen molar-refractivity contribution in [1.82, 2.24) is 10.2 Å². The van der Waals surface area contributed by atoms with Gasteiger partial charge in [-0.1, -0.05) is 45.2 Å². The molecule has 0 aromatic heterocycles. The highest BCUT2D eigenvalue weighted by Gasteiger charge is 2.35. The van der Waals surface area contributed by atoms with E-state index in [-0.39, 0.29) is 0 Å². The molecule has 1 spiro atoms. The lowest BCUT2D eigenvalue weighted by Gasteiger charge is -2.44. The van der Waals surface area contributed by atoms with Crippen molar-refractivity contribution in [2.45, 2.75) is 39.5 Å². The molecule has 2 heteroatoms. The summed E-state index contributed by atoms with van der Waals surface area (Å²) < 4.78 is 0. The Balaban J connectivity index is 0.000000956. The zero-order valence-corrected chi connectivity index (χ0v) is 13.5. The largest absolute Gasteiger partial charge is 0.317 e. The van der Waals surface area contributed by atoms with E-state index >= 15 is 0 Å². The fourth-order valence-electron chi connectivity index (χ4n) is 3.24. The van der Waals surface area contributed by atoms with Crippen molar-refractivity contribution in [1.29, 1.82) is 0 Å². The highest BCUT2D eigenvalue weighted by atomic mass is 15.1. The zero-order valence-electron chi connectivity index (χ0n) is 13.5. The van der Waals surface area contributed by atoms with E-state index in [4.69, 9.17) is 0 Å². The van der Waals surface area contributed by atoms with Crippen LogP contribution in [-0.2, 0) is 0 Å². The number of hydrogen-bond donors (Lipinski definition) is 1. The standard InChI is InChI=1S/C16H26N2.C2H6/c1-3-5-15(4-2)14-18-12-8-16(9-13-18)6-10-17-11-7-16;1-2/h3-5,17H,1-2,6-14H2;1-2H3/b15-5+;. The third kappa shape index (κ3) is 4.92. The summed E-state index contributed by atoms with van der Waals surface area (Å²) in [5, 5.41) is 3.48. The predicted octanol–water partition coefficient (Wildman–Crippen LogP) is 3.78. The molecule has 0 aromatic carbocycles. The quantitative estimate of drug-likeness (QED) is 0.786. The molecule has 2 heterocycles. The molecule has 0 amide bonds. The normalized spacial score (nSPS) is 22.8. The van der Waals surface area contributed by atoms with Gasteiger partial charge in [-0.15, -0.1) is 0 Å². The van der Waals surface area contributed by atoms with Crippen LogP contribution in [0.3, 0.4) is 0 Å². The number of nitrogens with zero attached hydrogens (tertiary/aromatic N) is 1. The van der Waals surface area contributed by atoms with Crippen LogP contribution in [0.4, 0.5) is 0 Å². The second-order valence-electron chi connectivity index (χ2n) is 5.71. The smallest absolute Gasteiger partial charge is 0.0233 e. The number of hydrogen-bond acceptors (Lipinski definition) is 2. The molecular weight excluding hydrogens is 244 g/mol. The van der Waals surface area contributed by atoms with Crippen molar-refractivity contribution < 1.29 is 0 Å². The van der Waals surface area contributed by atoms with Crippen LogP contribution in [0.1, 0.15) is 39.5 Å². The van der Waals surface area contributed by atoms with Crippen LogP contribution in [-0.4, -0.2) is 37.6 Å². The van der Waals surface area contributed by atoms with E-state index < -0.39 is 0 Å². The molecule has 2 aliphatic rings. The molecule has 114 valence electrons. The lowest BCUT2D eigenvalue weighted by atomic mass is 9.71. The van der Waals surface area contributed by atoms with Gasteiger partial charge < -0.3 is 5.32 Å². The summed E-state index contributed by atoms with van der Waals surface area (Å²) in [6, 6.07) is 0. The summed E-state index contributed by atoms with van der Waals surface area (Å²) in [5.41, 5.74) is 1.93. The minimum Gasteiger partial charge on any atom is -0.317 e. The maximum atomic E-state index is 3.88. The average molecular weight is 276 g/mol. The van der Waals surface area contributed by atoms with E-state index in [1.54, 1.807) is 0 Å². The molecule has 0 atom stereocenters. The van der Waals surface area contributed by atoms with Gasteiger partial charge in [0.15, 0.2) is 0 Å². The Hall–Kier alpha value is -0.860. The van der Waals surface area contributed by atoms with Gasteiger partial charge >= 0.3 is 0 Å². The van der Waals surface area contributed by atoms with Crippen LogP contribution < -0.4 is 5.32 Å². The van der Waals surface area contributed by atoms with Crippen LogP contribution in [0.25, 0.3) is 0 Å². The molecule has 2 fully saturated rings. The van der Waals surface area contributed by atoms with Crippen LogP contribution in [0.2, 0.25) is 0 Å². The summed E-state index contributed by atoms with van der Waals surface area (Å²) in [6.07, 6.45) is 11.4. The Kier molecular flexibility index (Phi) is 7.86. The fourth-order valence-corrected chi connectivity index (χ4v) is 3.24. The van der Waals surface area contributed by atoms with Gasteiger partial charge in [0.2, 0.25) is 0 Å². The Labute approximate surface area is 125 Å². The number of rotatable bonds is 4. The third-order valence-corrected chi connectivity index (χ3v) is 4.58. The lowest BCUT2D eigenvalue weighted by molar-refractivity contribution is 0.0793. The first-order valence-electron chi connectivity index (χ1n) is 8.15. The lowest BCUT2D eigenvalue weighted by Crippen LogP contribution is -2.45. The molecule has 0 radical (unpaired) electrons. The van der Waals surface area contributed by atoms with Crippen molar-refractivity contribution in [3.05, 3.63) is 37.0 Å². The second kappa shape index (κ2) is 9.15. The first kappa shape index (κ1) is 17.2. The van der Waals surface area contributed by atoms with Crippen molar-refractivity contribution in [2.24, 2.45) is 5.41 Å². The first-order chi connectivity index (χ1) is 9.78. The highest BCUT2D eigenvalue weighted by Crippen LogP contribution is 2.39. The SMILES string of the molecule is C=C/C=C(\C=C)CN1CCC2(CCNCC2)CC1.CC. The van der Waals surface area contributed by atoms with Crippen LogP contribution in [0.5, 0.6) is 0 Å². The molecule has 0 unspecified atom stereocenters. The molecule has 0 saturated carbocycles.